The standard InChI is InChI=1S/C20H20F4N2O3/c1-12(18-6-5-16(9-25-18)29-11-20(22,23)24)26-19(27)17-7-13(17)10-28-15-4-2-3-14(21)8-15/h2-6,8-9,12-13,17H,7,10-11H2,1H3,(H,26,27)/t12?,13-,17+/m0/s1. The van der Waals surface area contributed by atoms with Gasteiger partial charge >= 0.3 is 6.18 Å². The van der Waals surface area contributed by atoms with Gasteiger partial charge in [-0.3, -0.25) is 9.78 Å². The second-order valence-corrected chi connectivity index (χ2v) is 6.92. The van der Waals surface area contributed by atoms with E-state index in [0.717, 1.165) is 0 Å². The van der Waals surface area contributed by atoms with Gasteiger partial charge in [0.05, 0.1) is 24.5 Å². The van der Waals surface area contributed by atoms with E-state index in [4.69, 9.17) is 4.74 Å². The number of hydrogen-bond donors (Lipinski definition) is 1. The van der Waals surface area contributed by atoms with E-state index >= 15 is 0 Å². The molecule has 3 atom stereocenters. The molecule has 1 aliphatic carbocycles. The van der Waals surface area contributed by atoms with Crippen molar-refractivity contribution in [3.8, 4) is 11.5 Å². The monoisotopic (exact) mass is 412 g/mol. The van der Waals surface area contributed by atoms with Gasteiger partial charge in [-0.05, 0) is 37.6 Å². The van der Waals surface area contributed by atoms with Gasteiger partial charge in [0.2, 0.25) is 5.91 Å². The van der Waals surface area contributed by atoms with Crippen molar-refractivity contribution in [1.82, 2.24) is 10.3 Å². The Hall–Kier alpha value is -2.84. The molecule has 1 amide bonds. The highest BCUT2D eigenvalue weighted by atomic mass is 19.4. The molecule has 29 heavy (non-hydrogen) atoms. The van der Waals surface area contributed by atoms with Gasteiger partial charge in [-0.2, -0.15) is 13.2 Å². The van der Waals surface area contributed by atoms with Crippen LogP contribution in [0.15, 0.2) is 42.6 Å². The van der Waals surface area contributed by atoms with Crippen LogP contribution in [0.1, 0.15) is 25.1 Å². The summed E-state index contributed by atoms with van der Waals surface area (Å²) in [6.07, 6.45) is -2.55. The molecule has 0 radical (unpaired) electrons. The van der Waals surface area contributed by atoms with Gasteiger partial charge in [-0.15, -0.1) is 0 Å². The molecular weight excluding hydrogens is 392 g/mol. The number of benzene rings is 1. The van der Waals surface area contributed by atoms with Crippen molar-refractivity contribution in [2.45, 2.75) is 25.6 Å². The van der Waals surface area contributed by atoms with E-state index in [9.17, 15) is 22.4 Å². The molecule has 0 spiro atoms. The fraction of sp³-hybridized carbons (Fsp3) is 0.400. The molecule has 1 N–H and O–H groups in total. The van der Waals surface area contributed by atoms with Crippen molar-refractivity contribution in [1.29, 1.82) is 0 Å². The molecule has 2 aromatic rings. The van der Waals surface area contributed by atoms with Gasteiger partial charge in [0.1, 0.15) is 17.3 Å². The van der Waals surface area contributed by atoms with Crippen molar-refractivity contribution < 1.29 is 31.8 Å². The number of hydrogen-bond acceptors (Lipinski definition) is 4. The predicted molar refractivity (Wildman–Crippen MR) is 95.8 cm³/mol. The number of amides is 1. The van der Waals surface area contributed by atoms with Crippen molar-refractivity contribution in [2.75, 3.05) is 13.2 Å². The van der Waals surface area contributed by atoms with E-state index in [1.165, 1.54) is 30.5 Å². The van der Waals surface area contributed by atoms with E-state index < -0.39 is 18.8 Å². The van der Waals surface area contributed by atoms with E-state index in [2.05, 4.69) is 15.0 Å². The summed E-state index contributed by atoms with van der Waals surface area (Å²) in [6.45, 7) is 0.664. The minimum atomic E-state index is -4.42. The molecule has 5 nitrogen and oxygen atoms in total. The van der Waals surface area contributed by atoms with Gasteiger partial charge in [-0.1, -0.05) is 6.07 Å². The summed E-state index contributed by atoms with van der Waals surface area (Å²) in [5, 5.41) is 2.83. The number of halogens is 4. The van der Waals surface area contributed by atoms with Crippen LogP contribution in [-0.2, 0) is 4.79 Å². The molecule has 1 heterocycles. The first-order valence-electron chi connectivity index (χ1n) is 9.05. The van der Waals surface area contributed by atoms with Crippen molar-refractivity contribution in [3.63, 3.8) is 0 Å². The molecule has 3 rings (SSSR count). The van der Waals surface area contributed by atoms with E-state index in [1.54, 1.807) is 19.1 Å². The quantitative estimate of drug-likeness (QED) is 0.665. The van der Waals surface area contributed by atoms with Crippen LogP contribution in [0.3, 0.4) is 0 Å². The lowest BCUT2D eigenvalue weighted by molar-refractivity contribution is -0.153. The molecule has 0 bridgehead atoms. The highest BCUT2D eigenvalue weighted by Crippen LogP contribution is 2.39. The number of alkyl halides is 3. The molecule has 156 valence electrons. The third-order valence-corrected chi connectivity index (χ3v) is 4.48. The Morgan fingerprint density at radius 3 is 2.69 bits per heavy atom. The average molecular weight is 412 g/mol. The lowest BCUT2D eigenvalue weighted by atomic mass is 10.2. The number of nitrogens with one attached hydrogen (secondary N) is 1. The zero-order chi connectivity index (χ0) is 21.0. The lowest BCUT2D eigenvalue weighted by Gasteiger charge is -2.14. The first-order valence-corrected chi connectivity index (χ1v) is 9.05. The molecule has 1 unspecified atom stereocenters. The third kappa shape index (κ3) is 6.33. The van der Waals surface area contributed by atoms with E-state index in [-0.39, 0.29) is 29.3 Å². The summed E-state index contributed by atoms with van der Waals surface area (Å²) in [4.78, 5) is 16.4. The maximum Gasteiger partial charge on any atom is 0.422 e. The van der Waals surface area contributed by atoms with Crippen molar-refractivity contribution in [3.05, 3.63) is 54.1 Å². The van der Waals surface area contributed by atoms with Gasteiger partial charge in [0.15, 0.2) is 6.61 Å². The normalized spacial score (nSPS) is 19.3. The number of aromatic nitrogens is 1. The minimum Gasteiger partial charge on any atom is -0.493 e. The van der Waals surface area contributed by atoms with Crippen LogP contribution in [0.2, 0.25) is 0 Å². The van der Waals surface area contributed by atoms with Crippen LogP contribution < -0.4 is 14.8 Å². The van der Waals surface area contributed by atoms with Crippen LogP contribution in [0, 0.1) is 17.7 Å². The van der Waals surface area contributed by atoms with Crippen LogP contribution in [0.5, 0.6) is 11.5 Å². The van der Waals surface area contributed by atoms with Gasteiger partial charge in [0.25, 0.3) is 0 Å². The molecule has 0 saturated heterocycles. The molecule has 1 aromatic carbocycles. The second-order valence-electron chi connectivity index (χ2n) is 6.92. The van der Waals surface area contributed by atoms with Gasteiger partial charge in [0, 0.05) is 17.9 Å². The van der Waals surface area contributed by atoms with E-state index in [1.807, 2.05) is 0 Å². The van der Waals surface area contributed by atoms with Crippen LogP contribution >= 0.6 is 0 Å². The Morgan fingerprint density at radius 2 is 2.03 bits per heavy atom. The minimum absolute atomic E-state index is 0.00126. The lowest BCUT2D eigenvalue weighted by Crippen LogP contribution is -2.29. The molecule has 1 aliphatic rings. The fourth-order valence-corrected chi connectivity index (χ4v) is 2.81. The maximum absolute atomic E-state index is 13.1. The summed E-state index contributed by atoms with van der Waals surface area (Å²) in [7, 11) is 0. The summed E-state index contributed by atoms with van der Waals surface area (Å²) in [6, 6.07) is 8.28. The highest BCUT2D eigenvalue weighted by molar-refractivity contribution is 5.81. The summed E-state index contributed by atoms with van der Waals surface area (Å²) in [5.41, 5.74) is 0.505. The Kier molecular flexibility index (Phi) is 6.24. The first-order chi connectivity index (χ1) is 13.7. The number of carbonyl (C=O) groups is 1. The third-order valence-electron chi connectivity index (χ3n) is 4.48. The van der Waals surface area contributed by atoms with Crippen LogP contribution in [0.4, 0.5) is 17.6 Å². The van der Waals surface area contributed by atoms with Gasteiger partial charge < -0.3 is 14.8 Å². The molecular formula is C20H20F4N2O3. The van der Waals surface area contributed by atoms with Crippen molar-refractivity contribution >= 4 is 5.91 Å². The number of nitrogens with zero attached hydrogens (tertiary/aromatic N) is 1. The summed E-state index contributed by atoms with van der Waals surface area (Å²) in [5.74, 6) is -0.256. The van der Waals surface area contributed by atoms with E-state index in [0.29, 0.717) is 24.5 Å². The zero-order valence-electron chi connectivity index (χ0n) is 15.6. The Labute approximate surface area is 165 Å². The molecule has 1 saturated carbocycles. The number of ether oxygens (including phenoxy) is 2. The predicted octanol–water partition coefficient (Wildman–Crippen LogP) is 4.05. The topological polar surface area (TPSA) is 60.5 Å². The second kappa shape index (κ2) is 8.67. The smallest absolute Gasteiger partial charge is 0.422 e. The number of pyridine rings is 1. The van der Waals surface area contributed by atoms with Crippen molar-refractivity contribution in [2.24, 2.45) is 11.8 Å². The zero-order valence-corrected chi connectivity index (χ0v) is 15.6. The van der Waals surface area contributed by atoms with Crippen LogP contribution in [0.25, 0.3) is 0 Å². The number of carbonyl (C=O) groups excluding carboxylic acids is 1. The maximum atomic E-state index is 13.1. The summed E-state index contributed by atoms with van der Waals surface area (Å²) >= 11 is 0. The molecule has 0 aliphatic heterocycles. The Balaban J connectivity index is 1.43. The van der Waals surface area contributed by atoms with Gasteiger partial charge in [-0.25, -0.2) is 4.39 Å². The SMILES string of the molecule is CC(NC(=O)[C@@H]1C[C@H]1COc1cccc(F)c1)c1ccc(OCC(F)(F)F)cn1. The van der Waals surface area contributed by atoms with Crippen LogP contribution in [-0.4, -0.2) is 30.3 Å². The fourth-order valence-electron chi connectivity index (χ4n) is 2.81. The number of rotatable bonds is 8. The average Bonchev–Trinajstić information content (AvgIpc) is 3.44. The first kappa shape index (κ1) is 20.9. The Bertz CT molecular complexity index is 842. The highest BCUT2D eigenvalue weighted by Gasteiger charge is 2.43. The largest absolute Gasteiger partial charge is 0.493 e. The molecule has 1 aromatic heterocycles. The molecule has 9 heteroatoms. The summed E-state index contributed by atoms with van der Waals surface area (Å²) < 4.78 is 59.7. The molecule has 1 fully saturated rings. The Morgan fingerprint density at radius 1 is 1.24 bits per heavy atom.